The van der Waals surface area contributed by atoms with Gasteiger partial charge in [0, 0.05) is 11.9 Å². The Morgan fingerprint density at radius 1 is 1.30 bits per heavy atom. The number of hydrogen-bond acceptors (Lipinski definition) is 4. The lowest BCUT2D eigenvalue weighted by Crippen LogP contribution is -2.25. The van der Waals surface area contributed by atoms with Crippen LogP contribution in [0.4, 0.5) is 5.82 Å². The van der Waals surface area contributed by atoms with Gasteiger partial charge in [-0.25, -0.2) is 0 Å². The summed E-state index contributed by atoms with van der Waals surface area (Å²) in [5, 5.41) is 11.8. The molecule has 2 aromatic rings. The van der Waals surface area contributed by atoms with Crippen LogP contribution in [0.2, 0.25) is 0 Å². The first-order valence-electron chi connectivity index (χ1n) is 7.26. The van der Waals surface area contributed by atoms with Crippen molar-refractivity contribution in [3.8, 4) is 5.75 Å². The molecule has 0 fully saturated rings. The van der Waals surface area contributed by atoms with Crippen molar-refractivity contribution in [2.75, 3.05) is 38.6 Å². The molecule has 0 aliphatic heterocycles. The Labute approximate surface area is 120 Å². The normalized spacial score (nSPS) is 11.2. The van der Waals surface area contributed by atoms with Gasteiger partial charge in [-0.15, -0.1) is 0 Å². The van der Waals surface area contributed by atoms with Gasteiger partial charge in [-0.2, -0.15) is 5.10 Å². The van der Waals surface area contributed by atoms with Gasteiger partial charge in [0.1, 0.15) is 5.75 Å². The molecule has 0 spiro atoms. The number of hydrogen-bond donors (Lipinski definition) is 2. The average Bonchev–Trinajstić information content (AvgIpc) is 2.89. The number of benzene rings is 1. The van der Waals surface area contributed by atoms with Crippen molar-refractivity contribution >= 4 is 16.7 Å². The lowest BCUT2D eigenvalue weighted by Gasteiger charge is -2.17. The zero-order chi connectivity index (χ0) is 14.4. The molecule has 110 valence electrons. The summed E-state index contributed by atoms with van der Waals surface area (Å²) in [5.74, 6) is 1.75. The Hall–Kier alpha value is -1.75. The summed E-state index contributed by atoms with van der Waals surface area (Å²) in [4.78, 5) is 2.42. The SMILES string of the molecule is CCN(CC)CCCNc1n[nH]c2ccc(OC)cc12. The van der Waals surface area contributed by atoms with Gasteiger partial charge in [0.2, 0.25) is 0 Å². The zero-order valence-electron chi connectivity index (χ0n) is 12.6. The highest BCUT2D eigenvalue weighted by molar-refractivity contribution is 5.90. The van der Waals surface area contributed by atoms with Crippen molar-refractivity contribution in [3.63, 3.8) is 0 Å². The predicted molar refractivity (Wildman–Crippen MR) is 83.5 cm³/mol. The number of H-pyrrole nitrogens is 1. The Bertz CT molecular complexity index is 534. The standard InChI is InChI=1S/C15H24N4O/c1-4-19(5-2)10-6-9-16-15-13-11-12(20-3)7-8-14(13)17-18-15/h7-8,11H,4-6,9-10H2,1-3H3,(H2,16,17,18). The number of methoxy groups -OCH3 is 1. The van der Waals surface area contributed by atoms with Gasteiger partial charge in [0.05, 0.1) is 12.6 Å². The van der Waals surface area contributed by atoms with Gasteiger partial charge >= 0.3 is 0 Å². The van der Waals surface area contributed by atoms with Crippen LogP contribution in [0.1, 0.15) is 20.3 Å². The second-order valence-electron chi connectivity index (χ2n) is 4.79. The maximum Gasteiger partial charge on any atom is 0.155 e. The van der Waals surface area contributed by atoms with Crippen LogP contribution in [0.25, 0.3) is 10.9 Å². The van der Waals surface area contributed by atoms with Crippen molar-refractivity contribution in [1.82, 2.24) is 15.1 Å². The Kier molecular flexibility index (Phi) is 5.24. The number of nitrogens with one attached hydrogen (secondary N) is 2. The number of rotatable bonds is 8. The fourth-order valence-corrected chi connectivity index (χ4v) is 2.30. The van der Waals surface area contributed by atoms with Crippen molar-refractivity contribution in [2.45, 2.75) is 20.3 Å². The van der Waals surface area contributed by atoms with E-state index in [0.717, 1.165) is 55.1 Å². The van der Waals surface area contributed by atoms with E-state index in [2.05, 4.69) is 34.3 Å². The van der Waals surface area contributed by atoms with Crippen LogP contribution < -0.4 is 10.1 Å². The number of anilines is 1. The minimum absolute atomic E-state index is 0.852. The third kappa shape index (κ3) is 3.42. The molecule has 0 radical (unpaired) electrons. The molecule has 20 heavy (non-hydrogen) atoms. The quantitative estimate of drug-likeness (QED) is 0.728. The van der Waals surface area contributed by atoms with E-state index >= 15 is 0 Å². The summed E-state index contributed by atoms with van der Waals surface area (Å²) >= 11 is 0. The van der Waals surface area contributed by atoms with Crippen molar-refractivity contribution in [3.05, 3.63) is 18.2 Å². The van der Waals surface area contributed by atoms with Gasteiger partial charge in [0.25, 0.3) is 0 Å². The summed E-state index contributed by atoms with van der Waals surface area (Å²) in [5.41, 5.74) is 1.03. The molecule has 2 N–H and O–H groups in total. The van der Waals surface area contributed by atoms with E-state index in [1.165, 1.54) is 0 Å². The molecule has 1 aromatic heterocycles. The largest absolute Gasteiger partial charge is 0.497 e. The maximum atomic E-state index is 5.26. The molecule has 2 rings (SSSR count). The second kappa shape index (κ2) is 7.14. The van der Waals surface area contributed by atoms with Crippen molar-refractivity contribution < 1.29 is 4.74 Å². The van der Waals surface area contributed by atoms with Crippen LogP contribution in [0.3, 0.4) is 0 Å². The molecule has 0 bridgehead atoms. The zero-order valence-corrected chi connectivity index (χ0v) is 12.6. The Morgan fingerprint density at radius 3 is 2.80 bits per heavy atom. The first-order chi connectivity index (χ1) is 9.78. The number of ether oxygens (including phenoxy) is 1. The van der Waals surface area contributed by atoms with Crippen LogP contribution in [0, 0.1) is 0 Å². The highest BCUT2D eigenvalue weighted by Crippen LogP contribution is 2.24. The fraction of sp³-hybridized carbons (Fsp3) is 0.533. The Balaban J connectivity index is 1.93. The third-order valence-electron chi connectivity index (χ3n) is 3.61. The van der Waals surface area contributed by atoms with Gasteiger partial charge in [-0.05, 0) is 44.3 Å². The maximum absolute atomic E-state index is 5.26. The fourth-order valence-electron chi connectivity index (χ4n) is 2.30. The molecule has 1 aromatic carbocycles. The molecular weight excluding hydrogens is 252 g/mol. The molecule has 0 atom stereocenters. The molecular formula is C15H24N4O. The number of nitrogens with zero attached hydrogens (tertiary/aromatic N) is 2. The topological polar surface area (TPSA) is 53.2 Å². The molecule has 0 saturated carbocycles. The van der Waals surface area contributed by atoms with Crippen LogP contribution >= 0.6 is 0 Å². The van der Waals surface area contributed by atoms with E-state index < -0.39 is 0 Å². The molecule has 0 aliphatic carbocycles. The number of fused-ring (bicyclic) bond motifs is 1. The summed E-state index contributed by atoms with van der Waals surface area (Å²) in [7, 11) is 1.68. The molecule has 5 nitrogen and oxygen atoms in total. The minimum atomic E-state index is 0.852. The number of aromatic amines is 1. The van der Waals surface area contributed by atoms with Crippen LogP contribution in [0.15, 0.2) is 18.2 Å². The van der Waals surface area contributed by atoms with E-state index in [1.807, 2.05) is 18.2 Å². The monoisotopic (exact) mass is 276 g/mol. The van der Waals surface area contributed by atoms with E-state index in [-0.39, 0.29) is 0 Å². The molecule has 0 amide bonds. The lowest BCUT2D eigenvalue weighted by atomic mass is 10.2. The van der Waals surface area contributed by atoms with E-state index in [1.54, 1.807) is 7.11 Å². The summed E-state index contributed by atoms with van der Waals surface area (Å²) in [6, 6.07) is 5.93. The van der Waals surface area contributed by atoms with Gasteiger partial charge < -0.3 is 15.0 Å². The summed E-state index contributed by atoms with van der Waals surface area (Å²) in [6.07, 6.45) is 1.11. The second-order valence-corrected chi connectivity index (χ2v) is 4.79. The van der Waals surface area contributed by atoms with Crippen LogP contribution in [-0.4, -0.2) is 48.4 Å². The average molecular weight is 276 g/mol. The Morgan fingerprint density at radius 2 is 2.10 bits per heavy atom. The van der Waals surface area contributed by atoms with Crippen molar-refractivity contribution in [1.29, 1.82) is 0 Å². The highest BCUT2D eigenvalue weighted by atomic mass is 16.5. The van der Waals surface area contributed by atoms with E-state index in [0.29, 0.717) is 0 Å². The highest BCUT2D eigenvalue weighted by Gasteiger charge is 2.06. The summed E-state index contributed by atoms with van der Waals surface area (Å²) < 4.78 is 5.26. The lowest BCUT2D eigenvalue weighted by molar-refractivity contribution is 0.303. The predicted octanol–water partition coefficient (Wildman–Crippen LogP) is 2.72. The van der Waals surface area contributed by atoms with Crippen LogP contribution in [0.5, 0.6) is 5.75 Å². The molecule has 0 saturated heterocycles. The van der Waals surface area contributed by atoms with E-state index in [4.69, 9.17) is 4.74 Å². The van der Waals surface area contributed by atoms with Gasteiger partial charge in [-0.3, -0.25) is 5.10 Å². The molecule has 0 aliphatic rings. The number of aromatic nitrogens is 2. The molecule has 5 heteroatoms. The first kappa shape index (κ1) is 14.7. The van der Waals surface area contributed by atoms with Gasteiger partial charge in [-0.1, -0.05) is 13.8 Å². The van der Waals surface area contributed by atoms with Crippen LogP contribution in [-0.2, 0) is 0 Å². The molecule has 1 heterocycles. The minimum Gasteiger partial charge on any atom is -0.497 e. The smallest absolute Gasteiger partial charge is 0.155 e. The van der Waals surface area contributed by atoms with Gasteiger partial charge in [0.15, 0.2) is 5.82 Å². The third-order valence-corrected chi connectivity index (χ3v) is 3.61. The summed E-state index contributed by atoms with van der Waals surface area (Å²) in [6.45, 7) is 8.66. The molecule has 0 unspecified atom stereocenters. The first-order valence-corrected chi connectivity index (χ1v) is 7.26. The van der Waals surface area contributed by atoms with E-state index in [9.17, 15) is 0 Å². The van der Waals surface area contributed by atoms with Crippen molar-refractivity contribution in [2.24, 2.45) is 0 Å².